The van der Waals surface area contributed by atoms with Crippen molar-refractivity contribution in [1.29, 1.82) is 0 Å². The standard InChI is InChI=1S/C17H23F9O3Si/c1-3-10-28-14(27,29-11-4-2)9-8-12-6-5-7-13(12)30(15(18,19)20,16(21,22)23)17(24,25)26/h5,7,27H,3-4,6,8-11H2,1-2H3. The zero-order valence-electron chi connectivity index (χ0n) is 16.3. The van der Waals surface area contributed by atoms with E-state index in [-0.39, 0.29) is 19.3 Å². The maximum Gasteiger partial charge on any atom is 0.452 e. The van der Waals surface area contributed by atoms with Crippen LogP contribution in [0.5, 0.6) is 0 Å². The van der Waals surface area contributed by atoms with Crippen molar-refractivity contribution in [2.24, 2.45) is 0 Å². The number of halogens is 9. The van der Waals surface area contributed by atoms with Crippen LogP contribution in [0.15, 0.2) is 22.9 Å². The van der Waals surface area contributed by atoms with Gasteiger partial charge in [0.1, 0.15) is 0 Å². The maximum atomic E-state index is 13.5. The number of ether oxygens (including phenoxy) is 2. The van der Waals surface area contributed by atoms with Gasteiger partial charge < -0.3 is 14.6 Å². The fourth-order valence-corrected chi connectivity index (χ4v) is 6.14. The minimum Gasteiger partial charge on any atom is -0.343 e. The van der Waals surface area contributed by atoms with Crippen molar-refractivity contribution in [2.75, 3.05) is 13.2 Å². The molecule has 0 aromatic carbocycles. The van der Waals surface area contributed by atoms with E-state index in [4.69, 9.17) is 9.47 Å². The third-order valence-corrected chi connectivity index (χ3v) is 8.39. The second-order valence-corrected chi connectivity index (χ2v) is 10.5. The molecule has 3 nitrogen and oxygen atoms in total. The first-order valence-electron chi connectivity index (χ1n) is 9.17. The Hall–Kier alpha value is -1.05. The molecule has 0 unspecified atom stereocenters. The monoisotopic (exact) mass is 474 g/mol. The Labute approximate surface area is 168 Å². The van der Waals surface area contributed by atoms with Crippen LogP contribution in [0.2, 0.25) is 0 Å². The lowest BCUT2D eigenvalue weighted by Gasteiger charge is -2.37. The topological polar surface area (TPSA) is 38.7 Å². The molecule has 0 saturated carbocycles. The van der Waals surface area contributed by atoms with Crippen LogP contribution < -0.4 is 0 Å². The number of aliphatic hydroxyl groups is 1. The second-order valence-electron chi connectivity index (χ2n) is 6.78. The Bertz CT molecular complexity index is 592. The van der Waals surface area contributed by atoms with Crippen molar-refractivity contribution in [3.63, 3.8) is 0 Å². The third kappa shape index (κ3) is 5.40. The SMILES string of the molecule is CCCOC(O)(CCC1=C([Si](C(F)(F)F)(C(F)(F)F)C(F)(F)F)C=CC1)OCCC. The van der Waals surface area contributed by atoms with Gasteiger partial charge in [0.15, 0.2) is 0 Å². The molecule has 30 heavy (non-hydrogen) atoms. The van der Waals surface area contributed by atoms with E-state index in [1.54, 1.807) is 13.8 Å². The van der Waals surface area contributed by atoms with Gasteiger partial charge in [0.25, 0.3) is 5.97 Å². The highest BCUT2D eigenvalue weighted by Crippen LogP contribution is 2.56. The summed E-state index contributed by atoms with van der Waals surface area (Å²) in [6.07, 6.45) is 0.0846. The van der Waals surface area contributed by atoms with Crippen molar-refractivity contribution in [1.82, 2.24) is 0 Å². The summed E-state index contributed by atoms with van der Waals surface area (Å²) in [4.78, 5) is 0. The van der Waals surface area contributed by atoms with Gasteiger partial charge in [-0.25, -0.2) is 0 Å². The van der Waals surface area contributed by atoms with E-state index < -0.39 is 61.5 Å². The number of hydrogen-bond donors (Lipinski definition) is 1. The second kappa shape index (κ2) is 9.61. The van der Waals surface area contributed by atoms with Crippen LogP contribution in [0.25, 0.3) is 0 Å². The number of rotatable bonds is 10. The Morgan fingerprint density at radius 3 is 1.67 bits per heavy atom. The van der Waals surface area contributed by atoms with E-state index in [1.807, 2.05) is 0 Å². The molecule has 1 aliphatic rings. The van der Waals surface area contributed by atoms with Crippen LogP contribution in [0.1, 0.15) is 46.0 Å². The first-order chi connectivity index (χ1) is 13.6. The summed E-state index contributed by atoms with van der Waals surface area (Å²) in [5.74, 6) is -22.0. The highest BCUT2D eigenvalue weighted by atomic mass is 28.3. The molecular weight excluding hydrogens is 451 g/mol. The highest BCUT2D eigenvalue weighted by Gasteiger charge is 2.89. The summed E-state index contributed by atoms with van der Waals surface area (Å²) < 4.78 is 131. The highest BCUT2D eigenvalue weighted by molar-refractivity contribution is 6.92. The predicted octanol–water partition coefficient (Wildman–Crippen LogP) is 5.81. The van der Waals surface area contributed by atoms with E-state index in [2.05, 4.69) is 0 Å². The lowest BCUT2D eigenvalue weighted by atomic mass is 10.1. The van der Waals surface area contributed by atoms with E-state index in [9.17, 15) is 44.6 Å². The minimum absolute atomic E-state index is 0.0310. The molecular formula is C17H23F9O3Si. The Morgan fingerprint density at radius 2 is 1.30 bits per heavy atom. The van der Waals surface area contributed by atoms with Crippen molar-refractivity contribution in [2.45, 2.75) is 69.3 Å². The van der Waals surface area contributed by atoms with E-state index in [0.29, 0.717) is 12.8 Å². The zero-order chi connectivity index (χ0) is 23.4. The summed E-state index contributed by atoms with van der Waals surface area (Å²) in [6.45, 7) is 3.29. The van der Waals surface area contributed by atoms with Gasteiger partial charge in [0.2, 0.25) is 0 Å². The van der Waals surface area contributed by atoms with Crippen LogP contribution in [-0.2, 0) is 9.47 Å². The molecule has 176 valence electrons. The van der Waals surface area contributed by atoms with Gasteiger partial charge >= 0.3 is 25.5 Å². The first kappa shape index (κ1) is 27.0. The summed E-state index contributed by atoms with van der Waals surface area (Å²) >= 11 is 0. The van der Waals surface area contributed by atoms with Gasteiger partial charge in [-0.1, -0.05) is 31.6 Å². The summed E-state index contributed by atoms with van der Waals surface area (Å²) in [5, 5.41) is 8.57. The van der Waals surface area contributed by atoms with Gasteiger partial charge in [-0.15, -0.1) is 0 Å². The number of hydrogen-bond acceptors (Lipinski definition) is 3. The first-order valence-corrected chi connectivity index (χ1v) is 11.2. The molecule has 0 radical (unpaired) electrons. The predicted molar refractivity (Wildman–Crippen MR) is 91.4 cm³/mol. The number of alkyl halides is 9. The van der Waals surface area contributed by atoms with Crippen LogP contribution >= 0.6 is 0 Å². The molecule has 0 fully saturated rings. The average Bonchev–Trinajstić information content (AvgIpc) is 3.01. The molecule has 0 aromatic rings. The average molecular weight is 474 g/mol. The minimum atomic E-state index is -8.05. The Balaban J connectivity index is 3.42. The van der Waals surface area contributed by atoms with E-state index in [0.717, 1.165) is 6.08 Å². The third-order valence-electron chi connectivity index (χ3n) is 4.52. The zero-order valence-corrected chi connectivity index (χ0v) is 17.3. The molecule has 1 aliphatic carbocycles. The van der Waals surface area contributed by atoms with Gasteiger partial charge in [0.05, 0.1) is 13.2 Å². The smallest absolute Gasteiger partial charge is 0.343 e. The molecule has 13 heteroatoms. The van der Waals surface area contributed by atoms with Gasteiger partial charge in [-0.05, 0) is 30.9 Å². The van der Waals surface area contributed by atoms with Crippen LogP contribution in [0, 0.1) is 0 Å². The van der Waals surface area contributed by atoms with Crippen molar-refractivity contribution >= 4 is 8.07 Å². The van der Waals surface area contributed by atoms with Gasteiger partial charge in [-0.3, -0.25) is 0 Å². The van der Waals surface area contributed by atoms with Crippen LogP contribution in [0.3, 0.4) is 0 Å². The largest absolute Gasteiger partial charge is 0.452 e. The molecule has 0 aromatic heterocycles. The lowest BCUT2D eigenvalue weighted by molar-refractivity contribution is -0.362. The molecule has 0 saturated heterocycles. The molecule has 1 rings (SSSR count). The molecule has 0 bridgehead atoms. The lowest BCUT2D eigenvalue weighted by Crippen LogP contribution is -2.73. The molecule has 0 heterocycles. The summed E-state index contributed by atoms with van der Waals surface area (Å²) in [6, 6.07) is 0. The van der Waals surface area contributed by atoms with Crippen molar-refractivity contribution in [3.05, 3.63) is 22.9 Å². The fourth-order valence-electron chi connectivity index (χ4n) is 3.13. The van der Waals surface area contributed by atoms with Crippen molar-refractivity contribution in [3.8, 4) is 0 Å². The molecule has 1 N–H and O–H groups in total. The fraction of sp³-hybridized carbons (Fsp3) is 0.765. The molecule has 0 atom stereocenters. The summed E-state index contributed by atoms with van der Waals surface area (Å²) in [5.41, 5.74) is -0.688. The maximum absolute atomic E-state index is 13.5. The normalized spacial score (nSPS) is 16.7. The molecule has 0 amide bonds. The van der Waals surface area contributed by atoms with Gasteiger partial charge in [0, 0.05) is 6.42 Å². The Morgan fingerprint density at radius 1 is 0.867 bits per heavy atom. The number of allylic oxidation sites excluding steroid dienone is 4. The van der Waals surface area contributed by atoms with E-state index in [1.165, 1.54) is 0 Å². The van der Waals surface area contributed by atoms with Crippen molar-refractivity contribution < 1.29 is 54.1 Å². The van der Waals surface area contributed by atoms with Gasteiger partial charge in [-0.2, -0.15) is 39.5 Å². The summed E-state index contributed by atoms with van der Waals surface area (Å²) in [7, 11) is -8.05. The van der Waals surface area contributed by atoms with Crippen LogP contribution in [0.4, 0.5) is 39.5 Å². The van der Waals surface area contributed by atoms with E-state index >= 15 is 0 Å². The quantitative estimate of drug-likeness (QED) is 0.247. The molecule has 0 aliphatic heterocycles. The Kier molecular flexibility index (Phi) is 8.65. The van der Waals surface area contributed by atoms with Crippen LogP contribution in [-0.4, -0.2) is 49.8 Å². The molecule has 0 spiro atoms.